The van der Waals surface area contributed by atoms with Crippen LogP contribution in [-0.4, -0.2) is 46.8 Å². The highest BCUT2D eigenvalue weighted by Gasteiger charge is 2.35. The molecule has 0 saturated carbocycles. The molecule has 2 unspecified atom stereocenters. The molecular weight excluding hydrogens is 446 g/mol. The second-order valence-corrected chi connectivity index (χ2v) is 8.25. The minimum atomic E-state index is -1.36. The highest BCUT2D eigenvalue weighted by molar-refractivity contribution is 6.31. The van der Waals surface area contributed by atoms with E-state index >= 15 is 0 Å². The van der Waals surface area contributed by atoms with Gasteiger partial charge in [0.2, 0.25) is 0 Å². The van der Waals surface area contributed by atoms with Crippen LogP contribution in [0.15, 0.2) is 60.3 Å². The summed E-state index contributed by atoms with van der Waals surface area (Å²) in [5.74, 6) is -2.19. The SMILES string of the molecule is CC1=CN(C)C(=O)C(NC(=O)NC(CC(=O)O)c2cccc(Cc3ccccc3Cl)c2)C1=O. The molecule has 33 heavy (non-hydrogen) atoms. The Bertz CT molecular complexity index is 1130. The number of Topliss-reactive ketones (excluding diaryl/α,β-unsaturated/α-hetero) is 1. The van der Waals surface area contributed by atoms with Gasteiger partial charge in [0, 0.05) is 23.8 Å². The maximum Gasteiger partial charge on any atom is 0.316 e. The van der Waals surface area contributed by atoms with Gasteiger partial charge >= 0.3 is 12.0 Å². The minimum absolute atomic E-state index is 0.330. The largest absolute Gasteiger partial charge is 0.481 e. The number of likely N-dealkylation sites (N-methyl/N-ethyl adjacent to an activating group) is 1. The van der Waals surface area contributed by atoms with Crippen LogP contribution in [0.3, 0.4) is 0 Å². The molecule has 3 amide bonds. The Labute approximate surface area is 196 Å². The van der Waals surface area contributed by atoms with Gasteiger partial charge in [-0.1, -0.05) is 54.1 Å². The van der Waals surface area contributed by atoms with Gasteiger partial charge in [-0.05, 0) is 36.1 Å². The third-order valence-corrected chi connectivity index (χ3v) is 5.67. The van der Waals surface area contributed by atoms with Crippen LogP contribution in [0.25, 0.3) is 0 Å². The number of rotatable bonds is 7. The Morgan fingerprint density at radius 2 is 1.88 bits per heavy atom. The molecule has 9 heteroatoms. The highest BCUT2D eigenvalue weighted by Crippen LogP contribution is 2.23. The second-order valence-electron chi connectivity index (χ2n) is 7.84. The fraction of sp³-hybridized carbons (Fsp3) is 0.250. The van der Waals surface area contributed by atoms with Gasteiger partial charge in [-0.15, -0.1) is 0 Å². The van der Waals surface area contributed by atoms with E-state index in [4.69, 9.17) is 11.6 Å². The van der Waals surface area contributed by atoms with Crippen LogP contribution in [0.2, 0.25) is 5.02 Å². The molecule has 0 aromatic heterocycles. The lowest BCUT2D eigenvalue weighted by atomic mass is 9.98. The Hall–Kier alpha value is -3.65. The quantitative estimate of drug-likeness (QED) is 0.539. The van der Waals surface area contributed by atoms with Crippen molar-refractivity contribution in [3.8, 4) is 0 Å². The fourth-order valence-electron chi connectivity index (χ4n) is 3.63. The van der Waals surface area contributed by atoms with Gasteiger partial charge < -0.3 is 20.6 Å². The molecule has 0 fully saturated rings. The molecular formula is C24H24ClN3O5. The molecule has 2 aromatic carbocycles. The van der Waals surface area contributed by atoms with Crippen molar-refractivity contribution in [3.05, 3.63) is 82.0 Å². The van der Waals surface area contributed by atoms with Crippen molar-refractivity contribution in [3.63, 3.8) is 0 Å². The van der Waals surface area contributed by atoms with Gasteiger partial charge in [0.05, 0.1) is 12.5 Å². The monoisotopic (exact) mass is 469 g/mol. The zero-order valence-electron chi connectivity index (χ0n) is 18.2. The first-order chi connectivity index (χ1) is 15.7. The van der Waals surface area contributed by atoms with E-state index in [0.717, 1.165) is 11.1 Å². The number of carboxylic acid groups (broad SMARTS) is 1. The first-order valence-electron chi connectivity index (χ1n) is 10.3. The van der Waals surface area contributed by atoms with E-state index in [1.54, 1.807) is 31.2 Å². The third-order valence-electron chi connectivity index (χ3n) is 5.30. The van der Waals surface area contributed by atoms with E-state index in [-0.39, 0.29) is 6.42 Å². The summed E-state index contributed by atoms with van der Waals surface area (Å²) in [4.78, 5) is 50.0. The normalized spacial score (nSPS) is 16.8. The molecule has 1 heterocycles. The average Bonchev–Trinajstić information content (AvgIpc) is 2.76. The molecule has 1 aliphatic heterocycles. The Morgan fingerprint density at radius 3 is 2.58 bits per heavy atom. The number of hydrogen-bond acceptors (Lipinski definition) is 4. The summed E-state index contributed by atoms with van der Waals surface area (Å²) in [5, 5.41) is 14.9. The van der Waals surface area contributed by atoms with Gasteiger partial charge in [-0.25, -0.2) is 4.79 Å². The Balaban J connectivity index is 1.77. The lowest BCUT2D eigenvalue weighted by molar-refractivity contribution is -0.138. The van der Waals surface area contributed by atoms with Crippen LogP contribution in [0.1, 0.15) is 36.1 Å². The molecule has 172 valence electrons. The number of aliphatic carboxylic acids is 1. The van der Waals surface area contributed by atoms with Gasteiger partial charge in [0.25, 0.3) is 5.91 Å². The molecule has 0 bridgehead atoms. The van der Waals surface area contributed by atoms with E-state index in [2.05, 4.69) is 10.6 Å². The maximum absolute atomic E-state index is 12.6. The number of carbonyl (C=O) groups is 4. The predicted molar refractivity (Wildman–Crippen MR) is 123 cm³/mol. The van der Waals surface area contributed by atoms with Gasteiger partial charge in [-0.2, -0.15) is 0 Å². The van der Waals surface area contributed by atoms with Crippen molar-refractivity contribution in [2.75, 3.05) is 7.05 Å². The number of carbonyl (C=O) groups excluding carboxylic acids is 3. The fourth-order valence-corrected chi connectivity index (χ4v) is 3.83. The molecule has 2 aromatic rings. The number of hydrogen-bond donors (Lipinski definition) is 3. The number of amides is 3. The number of nitrogens with zero attached hydrogens (tertiary/aromatic N) is 1. The number of nitrogens with one attached hydrogen (secondary N) is 2. The van der Waals surface area contributed by atoms with Crippen molar-refractivity contribution in [1.29, 1.82) is 0 Å². The van der Waals surface area contributed by atoms with E-state index in [1.165, 1.54) is 18.1 Å². The molecule has 3 rings (SSSR count). The molecule has 3 N–H and O–H groups in total. The zero-order chi connectivity index (χ0) is 24.1. The molecule has 0 radical (unpaired) electrons. The molecule has 0 spiro atoms. The predicted octanol–water partition coefficient (Wildman–Crippen LogP) is 3.06. The van der Waals surface area contributed by atoms with Crippen molar-refractivity contribution >= 4 is 35.3 Å². The topological polar surface area (TPSA) is 116 Å². The van der Waals surface area contributed by atoms with Crippen molar-refractivity contribution in [2.24, 2.45) is 0 Å². The number of ketones is 1. The molecule has 0 saturated heterocycles. The first-order valence-corrected chi connectivity index (χ1v) is 10.6. The molecule has 1 aliphatic rings. The van der Waals surface area contributed by atoms with Gasteiger partial charge in [0.1, 0.15) is 0 Å². The summed E-state index contributed by atoms with van der Waals surface area (Å²) in [6, 6.07) is 11.5. The van der Waals surface area contributed by atoms with E-state index < -0.39 is 35.8 Å². The standard InChI is InChI=1S/C24H24ClN3O5/c1-14-13-28(2)23(32)21(22(14)31)27-24(33)26-19(12-20(29)30)17-8-5-6-15(11-17)10-16-7-3-4-9-18(16)25/h3-9,11,13,19,21H,10,12H2,1-2H3,(H,29,30)(H2,26,27,33). The first kappa shape index (κ1) is 24.0. The average molecular weight is 470 g/mol. The number of halogens is 1. The van der Waals surface area contributed by atoms with Crippen LogP contribution >= 0.6 is 11.6 Å². The van der Waals surface area contributed by atoms with Crippen LogP contribution in [0, 0.1) is 0 Å². The van der Waals surface area contributed by atoms with E-state index in [0.29, 0.717) is 22.6 Å². The van der Waals surface area contributed by atoms with Gasteiger partial charge in [0.15, 0.2) is 11.8 Å². The van der Waals surface area contributed by atoms with Crippen LogP contribution in [-0.2, 0) is 20.8 Å². The van der Waals surface area contributed by atoms with Crippen molar-refractivity contribution in [1.82, 2.24) is 15.5 Å². The lowest BCUT2D eigenvalue weighted by Crippen LogP contribution is -2.56. The number of urea groups is 1. The van der Waals surface area contributed by atoms with E-state index in [9.17, 15) is 24.3 Å². The maximum atomic E-state index is 12.6. The molecule has 0 aliphatic carbocycles. The summed E-state index contributed by atoms with van der Waals surface area (Å²) < 4.78 is 0. The van der Waals surface area contributed by atoms with Crippen molar-refractivity contribution < 1.29 is 24.3 Å². The summed E-state index contributed by atoms with van der Waals surface area (Å²) in [7, 11) is 1.49. The summed E-state index contributed by atoms with van der Waals surface area (Å²) in [6.07, 6.45) is 1.55. The highest BCUT2D eigenvalue weighted by atomic mass is 35.5. The van der Waals surface area contributed by atoms with Crippen LogP contribution in [0.4, 0.5) is 4.79 Å². The third kappa shape index (κ3) is 5.98. The summed E-state index contributed by atoms with van der Waals surface area (Å²) in [6.45, 7) is 1.55. The Kier molecular flexibility index (Phi) is 7.50. The smallest absolute Gasteiger partial charge is 0.316 e. The summed E-state index contributed by atoms with van der Waals surface area (Å²) in [5.41, 5.74) is 2.71. The number of carboxylic acids is 1. The molecule has 2 atom stereocenters. The zero-order valence-corrected chi connectivity index (χ0v) is 18.9. The van der Waals surface area contributed by atoms with Gasteiger partial charge in [-0.3, -0.25) is 14.4 Å². The van der Waals surface area contributed by atoms with Crippen LogP contribution in [0.5, 0.6) is 0 Å². The van der Waals surface area contributed by atoms with Crippen molar-refractivity contribution in [2.45, 2.75) is 31.8 Å². The van der Waals surface area contributed by atoms with Crippen LogP contribution < -0.4 is 10.6 Å². The second kappa shape index (κ2) is 10.3. The minimum Gasteiger partial charge on any atom is -0.481 e. The molecule has 8 nitrogen and oxygen atoms in total. The van der Waals surface area contributed by atoms with E-state index in [1.807, 2.05) is 24.3 Å². The Morgan fingerprint density at radius 1 is 1.15 bits per heavy atom. The number of benzene rings is 2. The lowest BCUT2D eigenvalue weighted by Gasteiger charge is -2.27. The summed E-state index contributed by atoms with van der Waals surface area (Å²) >= 11 is 6.25.